The Hall–Kier alpha value is -1.55. The maximum absolute atomic E-state index is 12.4. The Balaban J connectivity index is 2.06. The van der Waals surface area contributed by atoms with E-state index in [0.29, 0.717) is 18.6 Å². The van der Waals surface area contributed by atoms with E-state index >= 15 is 0 Å². The van der Waals surface area contributed by atoms with Gasteiger partial charge in [0.1, 0.15) is 5.60 Å². The molecule has 3 atom stereocenters. The van der Waals surface area contributed by atoms with Crippen molar-refractivity contribution in [2.24, 2.45) is 0 Å². The number of carbonyl (C=O) groups is 1. The van der Waals surface area contributed by atoms with Gasteiger partial charge in [0.15, 0.2) is 0 Å². The summed E-state index contributed by atoms with van der Waals surface area (Å²) >= 11 is 0. The van der Waals surface area contributed by atoms with E-state index in [0.717, 1.165) is 6.54 Å². The summed E-state index contributed by atoms with van der Waals surface area (Å²) in [7, 11) is 0. The quantitative estimate of drug-likeness (QED) is 0.824. The first-order valence-electron chi connectivity index (χ1n) is 8.49. The highest BCUT2D eigenvalue weighted by molar-refractivity contribution is 5.68. The Labute approximate surface area is 140 Å². The minimum Gasteiger partial charge on any atom is -0.444 e. The van der Waals surface area contributed by atoms with Crippen molar-refractivity contribution >= 4 is 6.09 Å². The first-order chi connectivity index (χ1) is 10.7. The molecule has 1 aliphatic rings. The van der Waals surface area contributed by atoms with Gasteiger partial charge < -0.3 is 9.64 Å². The third-order valence-corrected chi connectivity index (χ3v) is 4.44. The molecule has 1 aromatic rings. The fourth-order valence-corrected chi connectivity index (χ4v) is 3.19. The highest BCUT2D eigenvalue weighted by atomic mass is 16.6. The van der Waals surface area contributed by atoms with Gasteiger partial charge in [0.2, 0.25) is 0 Å². The van der Waals surface area contributed by atoms with Gasteiger partial charge in [-0.1, -0.05) is 30.3 Å². The summed E-state index contributed by atoms with van der Waals surface area (Å²) in [5.41, 5.74) is 0.867. The van der Waals surface area contributed by atoms with Gasteiger partial charge in [-0.15, -0.1) is 0 Å². The largest absolute Gasteiger partial charge is 0.444 e. The molecule has 1 fully saturated rings. The van der Waals surface area contributed by atoms with Crippen LogP contribution in [-0.2, 0) is 4.74 Å². The zero-order chi connectivity index (χ0) is 17.2. The molecule has 4 heteroatoms. The van der Waals surface area contributed by atoms with E-state index in [2.05, 4.69) is 49.9 Å². The second-order valence-electron chi connectivity index (χ2n) is 7.61. The molecule has 1 saturated heterocycles. The lowest BCUT2D eigenvalue weighted by atomic mass is 10.0. The van der Waals surface area contributed by atoms with Crippen LogP contribution in [0.15, 0.2) is 30.3 Å². The number of hydrogen-bond acceptors (Lipinski definition) is 3. The fraction of sp³-hybridized carbons (Fsp3) is 0.632. The summed E-state index contributed by atoms with van der Waals surface area (Å²) < 4.78 is 5.54. The number of carbonyl (C=O) groups excluding carboxylic acids is 1. The summed E-state index contributed by atoms with van der Waals surface area (Å²) in [5.74, 6) is 0. The number of nitrogens with zero attached hydrogens (tertiary/aromatic N) is 2. The third-order valence-electron chi connectivity index (χ3n) is 4.44. The van der Waals surface area contributed by atoms with Gasteiger partial charge in [-0.2, -0.15) is 0 Å². The molecule has 0 aromatic heterocycles. The van der Waals surface area contributed by atoms with E-state index in [9.17, 15) is 4.79 Å². The molecule has 23 heavy (non-hydrogen) atoms. The number of benzene rings is 1. The number of rotatable bonds is 2. The first kappa shape index (κ1) is 17.8. The molecule has 0 aliphatic carbocycles. The van der Waals surface area contributed by atoms with Crippen LogP contribution in [0.3, 0.4) is 0 Å². The van der Waals surface area contributed by atoms with E-state index in [1.807, 2.05) is 31.7 Å². The number of hydrogen-bond donors (Lipinski definition) is 0. The SMILES string of the molecule is CC1CN(C(C)c2ccccc2)C(C)CN1C(=O)OC(C)(C)C. The van der Waals surface area contributed by atoms with Crippen molar-refractivity contribution in [2.75, 3.05) is 13.1 Å². The van der Waals surface area contributed by atoms with Crippen LogP contribution in [0.5, 0.6) is 0 Å². The average Bonchev–Trinajstić information content (AvgIpc) is 2.47. The van der Waals surface area contributed by atoms with Crippen molar-refractivity contribution in [3.05, 3.63) is 35.9 Å². The van der Waals surface area contributed by atoms with Crippen LogP contribution in [0.25, 0.3) is 0 Å². The van der Waals surface area contributed by atoms with Crippen molar-refractivity contribution in [3.8, 4) is 0 Å². The predicted molar refractivity (Wildman–Crippen MR) is 93.4 cm³/mol. The van der Waals surface area contributed by atoms with Gasteiger partial charge in [-0.05, 0) is 47.1 Å². The zero-order valence-electron chi connectivity index (χ0n) is 15.2. The van der Waals surface area contributed by atoms with E-state index in [1.54, 1.807) is 0 Å². The smallest absolute Gasteiger partial charge is 0.410 e. The molecule has 0 radical (unpaired) electrons. The lowest BCUT2D eigenvalue weighted by Gasteiger charge is -2.46. The molecule has 1 aromatic carbocycles. The Morgan fingerprint density at radius 2 is 1.74 bits per heavy atom. The Bertz CT molecular complexity index is 524. The van der Waals surface area contributed by atoms with Gasteiger partial charge >= 0.3 is 6.09 Å². The molecule has 0 N–H and O–H groups in total. The summed E-state index contributed by atoms with van der Waals surface area (Å²) in [4.78, 5) is 16.7. The lowest BCUT2D eigenvalue weighted by Crippen LogP contribution is -2.59. The minimum atomic E-state index is -0.450. The molecule has 0 bridgehead atoms. The standard InChI is InChI=1S/C19H30N2O2/c1-14-13-21(18(22)23-19(4,5)6)15(2)12-20(14)16(3)17-10-8-7-9-11-17/h7-11,14-16H,12-13H2,1-6H3. The van der Waals surface area contributed by atoms with E-state index in [4.69, 9.17) is 4.74 Å². The monoisotopic (exact) mass is 318 g/mol. The maximum atomic E-state index is 12.4. The second kappa shape index (κ2) is 6.91. The van der Waals surface area contributed by atoms with Crippen molar-refractivity contribution in [1.29, 1.82) is 0 Å². The Morgan fingerprint density at radius 3 is 2.30 bits per heavy atom. The van der Waals surface area contributed by atoms with Crippen LogP contribution in [0, 0.1) is 0 Å². The fourth-order valence-electron chi connectivity index (χ4n) is 3.19. The van der Waals surface area contributed by atoms with E-state index in [1.165, 1.54) is 5.56 Å². The van der Waals surface area contributed by atoms with Gasteiger partial charge in [-0.25, -0.2) is 4.79 Å². The van der Waals surface area contributed by atoms with E-state index in [-0.39, 0.29) is 12.1 Å². The maximum Gasteiger partial charge on any atom is 0.410 e. The average molecular weight is 318 g/mol. The molecular formula is C19H30N2O2. The van der Waals surface area contributed by atoms with Gasteiger partial charge in [0.05, 0.1) is 0 Å². The molecule has 128 valence electrons. The molecule has 1 heterocycles. The van der Waals surface area contributed by atoms with E-state index < -0.39 is 5.60 Å². The third kappa shape index (κ3) is 4.47. The summed E-state index contributed by atoms with van der Waals surface area (Å²) in [6, 6.07) is 11.3. The first-order valence-corrected chi connectivity index (χ1v) is 8.49. The Kier molecular flexibility index (Phi) is 5.35. The lowest BCUT2D eigenvalue weighted by molar-refractivity contribution is -0.0184. The van der Waals surface area contributed by atoms with Crippen LogP contribution < -0.4 is 0 Å². The normalized spacial score (nSPS) is 24.3. The molecule has 1 aliphatic heterocycles. The van der Waals surface area contributed by atoms with Crippen LogP contribution in [0.1, 0.15) is 53.1 Å². The van der Waals surface area contributed by atoms with Crippen molar-refractivity contribution < 1.29 is 9.53 Å². The van der Waals surface area contributed by atoms with Crippen LogP contribution in [0.4, 0.5) is 4.79 Å². The van der Waals surface area contributed by atoms with Crippen LogP contribution in [0.2, 0.25) is 0 Å². The van der Waals surface area contributed by atoms with Crippen LogP contribution in [-0.4, -0.2) is 46.7 Å². The Morgan fingerprint density at radius 1 is 1.13 bits per heavy atom. The molecular weight excluding hydrogens is 288 g/mol. The van der Waals surface area contributed by atoms with Crippen molar-refractivity contribution in [3.63, 3.8) is 0 Å². The zero-order valence-corrected chi connectivity index (χ0v) is 15.2. The number of amides is 1. The summed E-state index contributed by atoms with van der Waals surface area (Å²) in [6.45, 7) is 13.8. The second-order valence-corrected chi connectivity index (χ2v) is 7.61. The minimum absolute atomic E-state index is 0.146. The molecule has 2 rings (SSSR count). The van der Waals surface area contributed by atoms with Crippen molar-refractivity contribution in [1.82, 2.24) is 9.80 Å². The molecule has 3 unspecified atom stereocenters. The molecule has 4 nitrogen and oxygen atoms in total. The molecule has 0 spiro atoms. The summed E-state index contributed by atoms with van der Waals surface area (Å²) in [6.07, 6.45) is -0.205. The van der Waals surface area contributed by atoms with Gasteiger partial charge in [0.25, 0.3) is 0 Å². The summed E-state index contributed by atoms with van der Waals surface area (Å²) in [5, 5.41) is 0. The highest BCUT2D eigenvalue weighted by Gasteiger charge is 2.36. The number of ether oxygens (including phenoxy) is 1. The highest BCUT2D eigenvalue weighted by Crippen LogP contribution is 2.27. The van der Waals surface area contributed by atoms with Gasteiger partial charge in [0, 0.05) is 31.2 Å². The van der Waals surface area contributed by atoms with Crippen molar-refractivity contribution in [2.45, 2.75) is 65.3 Å². The molecule has 1 amide bonds. The van der Waals surface area contributed by atoms with Gasteiger partial charge in [-0.3, -0.25) is 4.90 Å². The van der Waals surface area contributed by atoms with Crippen LogP contribution >= 0.6 is 0 Å². The molecule has 0 saturated carbocycles. The number of piperazine rings is 1. The predicted octanol–water partition coefficient (Wildman–Crippen LogP) is 4.08. The topological polar surface area (TPSA) is 32.8 Å².